The maximum Gasteiger partial charge on any atom is 0.118 e. The molecule has 3 heteroatoms. The third-order valence-electron chi connectivity index (χ3n) is 4.89. The fourth-order valence-electron chi connectivity index (χ4n) is 3.79. The number of hydrogen-bond donors (Lipinski definition) is 1. The molecule has 1 unspecified atom stereocenters. The van der Waals surface area contributed by atoms with Gasteiger partial charge in [-0.25, -0.2) is 0 Å². The Bertz CT molecular complexity index is 666. The van der Waals surface area contributed by atoms with Crippen LogP contribution in [0.3, 0.4) is 0 Å². The van der Waals surface area contributed by atoms with Crippen molar-refractivity contribution in [2.24, 2.45) is 0 Å². The molecule has 0 spiro atoms. The molecule has 1 saturated heterocycles. The topological polar surface area (TPSA) is 24.5 Å². The molecule has 2 aliphatic rings. The van der Waals surface area contributed by atoms with Crippen LogP contribution in [-0.4, -0.2) is 32.8 Å². The zero-order valence-corrected chi connectivity index (χ0v) is 13.0. The van der Waals surface area contributed by atoms with Gasteiger partial charge in [0.2, 0.25) is 0 Å². The molecule has 114 valence electrons. The van der Waals surface area contributed by atoms with Crippen molar-refractivity contribution < 1.29 is 4.74 Å². The van der Waals surface area contributed by atoms with Crippen molar-refractivity contribution in [3.63, 3.8) is 0 Å². The highest BCUT2D eigenvalue weighted by Gasteiger charge is 2.31. The summed E-state index contributed by atoms with van der Waals surface area (Å²) in [7, 11) is 1.71. The van der Waals surface area contributed by atoms with Gasteiger partial charge in [-0.2, -0.15) is 0 Å². The molecular formula is C19H22N2O. The number of nitrogens with one attached hydrogen (secondary N) is 1. The van der Waals surface area contributed by atoms with E-state index in [1.807, 2.05) is 12.1 Å². The standard InChI is InChI=1S/C19H22N2O/c1-22-17-7-5-14(6-8-17)18-4-2-3-15-13-16-9-10-20-11-12-21(16)19(15)18/h2-8,16,20H,9-13H2,1H3. The van der Waals surface area contributed by atoms with E-state index in [1.165, 1.54) is 35.2 Å². The molecule has 2 aromatic carbocycles. The largest absolute Gasteiger partial charge is 0.497 e. The van der Waals surface area contributed by atoms with Crippen LogP contribution >= 0.6 is 0 Å². The van der Waals surface area contributed by atoms with E-state index in [4.69, 9.17) is 4.74 Å². The van der Waals surface area contributed by atoms with Gasteiger partial charge in [-0.1, -0.05) is 30.3 Å². The molecule has 2 aromatic rings. The van der Waals surface area contributed by atoms with Crippen molar-refractivity contribution in [2.75, 3.05) is 31.6 Å². The lowest BCUT2D eigenvalue weighted by Crippen LogP contribution is -2.33. The Kier molecular flexibility index (Phi) is 3.51. The minimum Gasteiger partial charge on any atom is -0.497 e. The van der Waals surface area contributed by atoms with Gasteiger partial charge in [0.05, 0.1) is 7.11 Å². The molecule has 0 bridgehead atoms. The number of methoxy groups -OCH3 is 1. The van der Waals surface area contributed by atoms with Crippen LogP contribution in [0.5, 0.6) is 5.75 Å². The zero-order chi connectivity index (χ0) is 14.9. The number of nitrogens with zero attached hydrogens (tertiary/aromatic N) is 1. The van der Waals surface area contributed by atoms with Crippen LogP contribution in [0.15, 0.2) is 42.5 Å². The molecular weight excluding hydrogens is 272 g/mol. The minimum absolute atomic E-state index is 0.657. The van der Waals surface area contributed by atoms with Gasteiger partial charge in [0.1, 0.15) is 5.75 Å². The maximum absolute atomic E-state index is 5.28. The molecule has 0 aliphatic carbocycles. The summed E-state index contributed by atoms with van der Waals surface area (Å²) in [6, 6.07) is 15.8. The number of para-hydroxylation sites is 1. The Morgan fingerprint density at radius 3 is 2.77 bits per heavy atom. The third-order valence-corrected chi connectivity index (χ3v) is 4.89. The van der Waals surface area contributed by atoms with E-state index in [2.05, 4.69) is 40.5 Å². The van der Waals surface area contributed by atoms with Gasteiger partial charge >= 0.3 is 0 Å². The van der Waals surface area contributed by atoms with E-state index in [0.717, 1.165) is 25.4 Å². The summed E-state index contributed by atoms with van der Waals surface area (Å²) in [6.45, 7) is 3.31. The third kappa shape index (κ3) is 2.26. The molecule has 0 amide bonds. The molecule has 1 fully saturated rings. The van der Waals surface area contributed by atoms with Crippen molar-refractivity contribution in [2.45, 2.75) is 18.9 Å². The summed E-state index contributed by atoms with van der Waals surface area (Å²) in [5.41, 5.74) is 5.57. The second-order valence-corrected chi connectivity index (χ2v) is 6.13. The lowest BCUT2D eigenvalue weighted by molar-refractivity contribution is 0.415. The molecule has 22 heavy (non-hydrogen) atoms. The molecule has 1 N–H and O–H groups in total. The summed E-state index contributed by atoms with van der Waals surface area (Å²) < 4.78 is 5.28. The zero-order valence-electron chi connectivity index (χ0n) is 13.0. The quantitative estimate of drug-likeness (QED) is 0.921. The second-order valence-electron chi connectivity index (χ2n) is 6.13. The van der Waals surface area contributed by atoms with Gasteiger partial charge in [-0.05, 0) is 42.6 Å². The van der Waals surface area contributed by atoms with E-state index < -0.39 is 0 Å². The van der Waals surface area contributed by atoms with Crippen molar-refractivity contribution in [1.29, 1.82) is 0 Å². The molecule has 0 radical (unpaired) electrons. The van der Waals surface area contributed by atoms with Crippen LogP contribution in [0.1, 0.15) is 12.0 Å². The van der Waals surface area contributed by atoms with Crippen LogP contribution in [0, 0.1) is 0 Å². The summed E-state index contributed by atoms with van der Waals surface area (Å²) in [4.78, 5) is 2.62. The Morgan fingerprint density at radius 2 is 1.95 bits per heavy atom. The number of hydrogen-bond acceptors (Lipinski definition) is 3. The number of anilines is 1. The number of rotatable bonds is 2. The average Bonchev–Trinajstić information content (AvgIpc) is 2.76. The van der Waals surface area contributed by atoms with Crippen LogP contribution in [-0.2, 0) is 6.42 Å². The highest BCUT2D eigenvalue weighted by atomic mass is 16.5. The first-order chi connectivity index (χ1) is 10.9. The van der Waals surface area contributed by atoms with E-state index >= 15 is 0 Å². The summed E-state index contributed by atoms with van der Waals surface area (Å²) in [5, 5.41) is 3.52. The van der Waals surface area contributed by atoms with Crippen molar-refractivity contribution in [3.8, 4) is 16.9 Å². The lowest BCUT2D eigenvalue weighted by atomic mass is 9.99. The SMILES string of the molecule is COc1ccc(-c2cccc3c2N2CCNCCC2C3)cc1. The van der Waals surface area contributed by atoms with E-state index in [9.17, 15) is 0 Å². The van der Waals surface area contributed by atoms with Crippen LogP contribution in [0.4, 0.5) is 5.69 Å². The smallest absolute Gasteiger partial charge is 0.118 e. The van der Waals surface area contributed by atoms with Gasteiger partial charge in [-0.3, -0.25) is 0 Å². The van der Waals surface area contributed by atoms with Crippen molar-refractivity contribution in [3.05, 3.63) is 48.0 Å². The fraction of sp³-hybridized carbons (Fsp3) is 0.368. The van der Waals surface area contributed by atoms with Gasteiger partial charge in [0, 0.05) is 30.4 Å². The Balaban J connectivity index is 1.77. The van der Waals surface area contributed by atoms with Crippen molar-refractivity contribution >= 4 is 5.69 Å². The predicted octanol–water partition coefficient (Wildman–Crippen LogP) is 3.09. The van der Waals surface area contributed by atoms with Gasteiger partial charge < -0.3 is 15.0 Å². The first kappa shape index (κ1) is 13.6. The number of ether oxygens (including phenoxy) is 1. The molecule has 0 saturated carbocycles. The van der Waals surface area contributed by atoms with Crippen LogP contribution in [0.2, 0.25) is 0 Å². The van der Waals surface area contributed by atoms with Gasteiger partial charge in [0.15, 0.2) is 0 Å². The molecule has 1 atom stereocenters. The Morgan fingerprint density at radius 1 is 1.09 bits per heavy atom. The summed E-state index contributed by atoms with van der Waals surface area (Å²) in [6.07, 6.45) is 2.41. The second kappa shape index (κ2) is 5.65. The van der Waals surface area contributed by atoms with E-state index in [1.54, 1.807) is 7.11 Å². The number of fused-ring (bicyclic) bond motifs is 3. The van der Waals surface area contributed by atoms with Crippen LogP contribution in [0.25, 0.3) is 11.1 Å². The predicted molar refractivity (Wildman–Crippen MR) is 90.8 cm³/mol. The molecule has 2 heterocycles. The highest BCUT2D eigenvalue weighted by Crippen LogP contribution is 2.41. The monoisotopic (exact) mass is 294 g/mol. The highest BCUT2D eigenvalue weighted by molar-refractivity contribution is 5.83. The summed E-state index contributed by atoms with van der Waals surface area (Å²) in [5.74, 6) is 0.910. The maximum atomic E-state index is 5.28. The van der Waals surface area contributed by atoms with Crippen LogP contribution < -0.4 is 15.0 Å². The Labute approximate surface area is 131 Å². The molecule has 0 aromatic heterocycles. The first-order valence-electron chi connectivity index (χ1n) is 8.10. The normalized spacial score (nSPS) is 20.2. The number of benzene rings is 2. The van der Waals surface area contributed by atoms with Crippen molar-refractivity contribution in [1.82, 2.24) is 5.32 Å². The summed E-state index contributed by atoms with van der Waals surface area (Å²) >= 11 is 0. The fourth-order valence-corrected chi connectivity index (χ4v) is 3.79. The molecule has 2 aliphatic heterocycles. The Hall–Kier alpha value is -2.00. The van der Waals surface area contributed by atoms with E-state index in [-0.39, 0.29) is 0 Å². The molecule has 3 nitrogen and oxygen atoms in total. The first-order valence-corrected chi connectivity index (χ1v) is 8.10. The lowest BCUT2D eigenvalue weighted by Gasteiger charge is -2.26. The van der Waals surface area contributed by atoms with E-state index in [0.29, 0.717) is 6.04 Å². The molecule has 4 rings (SSSR count). The van der Waals surface area contributed by atoms with Gasteiger partial charge in [-0.15, -0.1) is 0 Å². The minimum atomic E-state index is 0.657. The average molecular weight is 294 g/mol. The van der Waals surface area contributed by atoms with Gasteiger partial charge in [0.25, 0.3) is 0 Å².